The summed E-state index contributed by atoms with van der Waals surface area (Å²) in [6.07, 6.45) is 1.56. The highest BCUT2D eigenvalue weighted by molar-refractivity contribution is 6.03. The number of hydrogen-bond acceptors (Lipinski definition) is 5. The number of carbonyl (C=O) groups excluding carboxylic acids is 1. The largest absolute Gasteiger partial charge is 0.493 e. The summed E-state index contributed by atoms with van der Waals surface area (Å²) in [7, 11) is 1.64. The number of halogens is 2. The van der Waals surface area contributed by atoms with Gasteiger partial charge < -0.3 is 14.8 Å². The van der Waals surface area contributed by atoms with Gasteiger partial charge in [-0.25, -0.2) is 13.8 Å². The van der Waals surface area contributed by atoms with Gasteiger partial charge in [-0.3, -0.25) is 9.48 Å². The van der Waals surface area contributed by atoms with Crippen LogP contribution >= 0.6 is 0 Å². The molecule has 0 spiro atoms. The number of amides is 1. The molecule has 2 heterocycles. The first-order valence-corrected chi connectivity index (χ1v) is 9.00. The van der Waals surface area contributed by atoms with Gasteiger partial charge in [-0.2, -0.15) is 5.10 Å². The third-order valence-electron chi connectivity index (χ3n) is 4.02. The van der Waals surface area contributed by atoms with E-state index in [1.165, 1.54) is 16.8 Å². The number of nitrogens with zero attached hydrogens (tertiary/aromatic N) is 3. The van der Waals surface area contributed by atoms with Crippen molar-refractivity contribution in [1.29, 1.82) is 0 Å². The van der Waals surface area contributed by atoms with Crippen LogP contribution in [0.3, 0.4) is 0 Å². The number of anilines is 1. The lowest BCUT2D eigenvalue weighted by atomic mass is 10.1. The molecule has 1 amide bonds. The Morgan fingerprint density at radius 3 is 2.48 bits per heavy atom. The molecule has 152 valence electrons. The summed E-state index contributed by atoms with van der Waals surface area (Å²) >= 11 is 0. The number of hydrogen-bond donors (Lipinski definition) is 1. The van der Waals surface area contributed by atoms with Crippen LogP contribution in [0.5, 0.6) is 11.6 Å². The maximum Gasteiger partial charge on any atom is 0.276 e. The lowest BCUT2D eigenvalue weighted by Gasteiger charge is -2.11. The Labute approximate surface area is 166 Å². The van der Waals surface area contributed by atoms with Crippen molar-refractivity contribution in [3.05, 3.63) is 53.9 Å². The third kappa shape index (κ3) is 4.34. The van der Waals surface area contributed by atoms with Crippen LogP contribution in [0.1, 0.15) is 24.3 Å². The zero-order valence-corrected chi connectivity index (χ0v) is 16.2. The Bertz CT molecular complexity index is 1020. The highest BCUT2D eigenvalue weighted by atomic mass is 19.1. The zero-order valence-electron chi connectivity index (χ0n) is 16.2. The molecular weight excluding hydrogens is 382 g/mol. The molecule has 0 saturated carbocycles. The summed E-state index contributed by atoms with van der Waals surface area (Å²) in [5.74, 6) is -1.56. The molecule has 0 fully saturated rings. The molecule has 0 aliphatic carbocycles. The highest BCUT2D eigenvalue weighted by Gasteiger charge is 2.20. The van der Waals surface area contributed by atoms with Gasteiger partial charge in [0.1, 0.15) is 23.1 Å². The van der Waals surface area contributed by atoms with E-state index in [4.69, 9.17) is 9.47 Å². The Morgan fingerprint density at radius 2 is 1.83 bits per heavy atom. The predicted octanol–water partition coefficient (Wildman–Crippen LogP) is 3.81. The molecule has 0 aliphatic rings. The summed E-state index contributed by atoms with van der Waals surface area (Å²) in [5, 5.41) is 6.37. The minimum absolute atomic E-state index is 0.0125. The molecule has 7 nitrogen and oxygen atoms in total. The second-order valence-corrected chi connectivity index (χ2v) is 5.97. The van der Waals surface area contributed by atoms with E-state index in [0.29, 0.717) is 36.1 Å². The first kappa shape index (κ1) is 20.2. The fourth-order valence-corrected chi connectivity index (χ4v) is 2.74. The Hall–Kier alpha value is -3.49. The number of nitrogens with one attached hydrogen (secondary N) is 1. The summed E-state index contributed by atoms with van der Waals surface area (Å²) in [5.41, 5.74) is 0.605. The van der Waals surface area contributed by atoms with Gasteiger partial charge in [-0.1, -0.05) is 6.07 Å². The maximum absolute atomic E-state index is 13.8. The molecular formula is C20H20F2N4O3. The number of benzene rings is 1. The van der Waals surface area contributed by atoms with Gasteiger partial charge in [0.05, 0.1) is 24.5 Å². The van der Waals surface area contributed by atoms with Gasteiger partial charge in [0.2, 0.25) is 5.88 Å². The number of para-hydroxylation sites is 1. The van der Waals surface area contributed by atoms with Crippen LogP contribution in [-0.2, 0) is 7.05 Å². The van der Waals surface area contributed by atoms with Crippen LogP contribution in [0.15, 0.2) is 36.5 Å². The quantitative estimate of drug-likeness (QED) is 0.650. The average molecular weight is 402 g/mol. The van der Waals surface area contributed by atoms with Gasteiger partial charge in [-0.15, -0.1) is 0 Å². The molecule has 1 N–H and O–H groups in total. The van der Waals surface area contributed by atoms with Crippen molar-refractivity contribution in [3.63, 3.8) is 0 Å². The van der Waals surface area contributed by atoms with Gasteiger partial charge in [-0.05, 0) is 32.0 Å². The lowest BCUT2D eigenvalue weighted by molar-refractivity contribution is 0.102. The molecule has 29 heavy (non-hydrogen) atoms. The van der Waals surface area contributed by atoms with E-state index in [0.717, 1.165) is 12.1 Å². The number of aromatic nitrogens is 3. The van der Waals surface area contributed by atoms with Crippen molar-refractivity contribution >= 4 is 11.6 Å². The average Bonchev–Trinajstić information content (AvgIpc) is 3.07. The maximum atomic E-state index is 13.8. The van der Waals surface area contributed by atoms with Crippen LogP contribution in [0, 0.1) is 11.6 Å². The molecule has 0 aliphatic heterocycles. The van der Waals surface area contributed by atoms with Gasteiger partial charge in [0, 0.05) is 19.3 Å². The van der Waals surface area contributed by atoms with E-state index in [2.05, 4.69) is 15.4 Å². The Morgan fingerprint density at radius 1 is 1.14 bits per heavy atom. The fraction of sp³-hybridized carbons (Fsp3) is 0.250. The molecule has 3 aromatic rings. The monoisotopic (exact) mass is 402 g/mol. The van der Waals surface area contributed by atoms with Crippen LogP contribution in [0.25, 0.3) is 11.3 Å². The van der Waals surface area contributed by atoms with Crippen LogP contribution < -0.4 is 14.8 Å². The SMILES string of the molecule is CCOc1cc(OCC)c(-c2cc(C(=O)Nc3c(F)cccc3F)nn2C)cn1. The van der Waals surface area contributed by atoms with E-state index in [9.17, 15) is 13.6 Å². The number of pyridine rings is 1. The van der Waals surface area contributed by atoms with E-state index in [-0.39, 0.29) is 5.69 Å². The van der Waals surface area contributed by atoms with E-state index >= 15 is 0 Å². The highest BCUT2D eigenvalue weighted by Crippen LogP contribution is 2.32. The molecule has 0 unspecified atom stereocenters. The second-order valence-electron chi connectivity index (χ2n) is 5.97. The van der Waals surface area contributed by atoms with Gasteiger partial charge >= 0.3 is 0 Å². The number of carbonyl (C=O) groups is 1. The predicted molar refractivity (Wildman–Crippen MR) is 103 cm³/mol. The Balaban J connectivity index is 1.93. The number of rotatable bonds is 7. The Kier molecular flexibility index (Phi) is 6.06. The van der Waals surface area contributed by atoms with Crippen LogP contribution in [0.2, 0.25) is 0 Å². The number of aryl methyl sites for hydroxylation is 1. The minimum Gasteiger partial charge on any atom is -0.493 e. The summed E-state index contributed by atoms with van der Waals surface area (Å²) < 4.78 is 40.1. The standard InChI is InChI=1S/C20H20F2N4O3/c1-4-28-17-10-18(29-5-2)23-11-12(17)16-9-15(25-26(16)3)20(27)24-19-13(21)7-6-8-14(19)22/h6-11H,4-5H2,1-3H3,(H,24,27). The first-order chi connectivity index (χ1) is 13.9. The van der Waals surface area contributed by atoms with Crippen molar-refractivity contribution in [3.8, 4) is 22.9 Å². The van der Waals surface area contributed by atoms with E-state index < -0.39 is 23.2 Å². The smallest absolute Gasteiger partial charge is 0.276 e. The molecule has 2 aromatic heterocycles. The number of ether oxygens (including phenoxy) is 2. The van der Waals surface area contributed by atoms with Crippen molar-refractivity contribution < 1.29 is 23.0 Å². The normalized spacial score (nSPS) is 10.7. The van der Waals surface area contributed by atoms with Crippen molar-refractivity contribution in [2.45, 2.75) is 13.8 Å². The van der Waals surface area contributed by atoms with Crippen LogP contribution in [-0.4, -0.2) is 33.9 Å². The molecule has 1 aromatic carbocycles. The van der Waals surface area contributed by atoms with E-state index in [1.807, 2.05) is 13.8 Å². The third-order valence-corrected chi connectivity index (χ3v) is 4.02. The summed E-state index contributed by atoms with van der Waals surface area (Å²) in [6.45, 7) is 4.57. The molecule has 3 rings (SSSR count). The second kappa shape index (κ2) is 8.68. The molecule has 0 saturated heterocycles. The van der Waals surface area contributed by atoms with Gasteiger partial charge in [0.15, 0.2) is 5.69 Å². The summed E-state index contributed by atoms with van der Waals surface area (Å²) in [4.78, 5) is 16.7. The fourth-order valence-electron chi connectivity index (χ4n) is 2.74. The first-order valence-electron chi connectivity index (χ1n) is 9.00. The topological polar surface area (TPSA) is 78.3 Å². The molecule has 0 bridgehead atoms. The van der Waals surface area contributed by atoms with Gasteiger partial charge in [0.25, 0.3) is 5.91 Å². The van der Waals surface area contributed by atoms with Crippen molar-refractivity contribution in [2.75, 3.05) is 18.5 Å². The summed E-state index contributed by atoms with van der Waals surface area (Å²) in [6, 6.07) is 6.48. The minimum atomic E-state index is -0.871. The zero-order chi connectivity index (χ0) is 21.0. The molecule has 0 radical (unpaired) electrons. The lowest BCUT2D eigenvalue weighted by Crippen LogP contribution is -2.15. The van der Waals surface area contributed by atoms with Crippen molar-refractivity contribution in [1.82, 2.24) is 14.8 Å². The van der Waals surface area contributed by atoms with Crippen LogP contribution in [0.4, 0.5) is 14.5 Å². The van der Waals surface area contributed by atoms with Crippen molar-refractivity contribution in [2.24, 2.45) is 7.05 Å². The molecule has 0 atom stereocenters. The molecule has 9 heteroatoms. The van der Waals surface area contributed by atoms with E-state index in [1.54, 1.807) is 19.3 Å².